The van der Waals surface area contributed by atoms with Crippen molar-refractivity contribution in [3.8, 4) is 0 Å². The van der Waals surface area contributed by atoms with Crippen LogP contribution in [0.5, 0.6) is 0 Å². The van der Waals surface area contributed by atoms with Gasteiger partial charge in [0.1, 0.15) is 0 Å². The van der Waals surface area contributed by atoms with Gasteiger partial charge in [-0.15, -0.1) is 0 Å². The number of rotatable bonds is 3. The minimum absolute atomic E-state index is 0.130. The van der Waals surface area contributed by atoms with Gasteiger partial charge >= 0.3 is 0 Å². The van der Waals surface area contributed by atoms with Gasteiger partial charge < -0.3 is 10.6 Å². The average molecular weight is 363 g/mol. The van der Waals surface area contributed by atoms with Crippen LogP contribution >= 0.6 is 28.1 Å². The van der Waals surface area contributed by atoms with E-state index in [4.69, 9.17) is 12.2 Å². The summed E-state index contributed by atoms with van der Waals surface area (Å²) in [7, 11) is 0. The summed E-state index contributed by atoms with van der Waals surface area (Å²) in [6, 6.07) is 14.5. The topological polar surface area (TPSA) is 24.1 Å². The molecule has 2 aromatic rings. The summed E-state index contributed by atoms with van der Waals surface area (Å²) < 4.78 is 1.08. The zero-order chi connectivity index (χ0) is 15.4. The summed E-state index contributed by atoms with van der Waals surface area (Å²) in [6.07, 6.45) is 0. The number of hydrogen-bond acceptors (Lipinski definition) is 1. The first-order chi connectivity index (χ1) is 9.99. The number of anilines is 1. The van der Waals surface area contributed by atoms with Gasteiger partial charge in [-0.05, 0) is 61.8 Å². The van der Waals surface area contributed by atoms with Crippen LogP contribution in [-0.2, 0) is 0 Å². The molecule has 21 heavy (non-hydrogen) atoms. The number of nitrogens with one attached hydrogen (secondary N) is 2. The molecule has 2 aromatic carbocycles. The van der Waals surface area contributed by atoms with Crippen molar-refractivity contribution in [1.82, 2.24) is 5.32 Å². The lowest BCUT2D eigenvalue weighted by Gasteiger charge is -2.19. The minimum Gasteiger partial charge on any atom is -0.356 e. The highest BCUT2D eigenvalue weighted by atomic mass is 79.9. The third-order valence-corrected chi connectivity index (χ3v) is 4.51. The Hall–Kier alpha value is -1.39. The van der Waals surface area contributed by atoms with Crippen molar-refractivity contribution in [2.75, 3.05) is 5.32 Å². The first-order valence-electron chi connectivity index (χ1n) is 6.87. The summed E-state index contributed by atoms with van der Waals surface area (Å²) >= 11 is 8.99. The van der Waals surface area contributed by atoms with E-state index in [1.165, 1.54) is 16.7 Å². The maximum atomic E-state index is 5.42. The Morgan fingerprint density at radius 1 is 1.10 bits per heavy atom. The van der Waals surface area contributed by atoms with Crippen molar-refractivity contribution in [2.24, 2.45) is 0 Å². The van der Waals surface area contributed by atoms with Gasteiger partial charge in [0.15, 0.2) is 5.11 Å². The molecule has 4 heteroatoms. The van der Waals surface area contributed by atoms with Crippen LogP contribution in [0.4, 0.5) is 5.69 Å². The van der Waals surface area contributed by atoms with Crippen LogP contribution in [0.3, 0.4) is 0 Å². The molecule has 2 nitrogen and oxygen atoms in total. The standard InChI is InChI=1S/C17H19BrN2S/c1-11-7-6-10-16(12(11)2)20-17(21)19-13(3)14-8-4-5-9-15(14)18/h4-10,13H,1-3H3,(H2,19,20,21)/t13-/m0/s1. The minimum atomic E-state index is 0.130. The van der Waals surface area contributed by atoms with Gasteiger partial charge in [-0.1, -0.05) is 46.3 Å². The first kappa shape index (κ1) is 16.0. The van der Waals surface area contributed by atoms with Crippen LogP contribution in [0.15, 0.2) is 46.9 Å². The Bertz CT molecular complexity index is 655. The van der Waals surface area contributed by atoms with E-state index in [0.29, 0.717) is 5.11 Å². The third-order valence-electron chi connectivity index (χ3n) is 3.57. The van der Waals surface area contributed by atoms with Crippen LogP contribution in [-0.4, -0.2) is 5.11 Å². The summed E-state index contributed by atoms with van der Waals surface area (Å²) in [4.78, 5) is 0. The first-order valence-corrected chi connectivity index (χ1v) is 8.07. The Labute approximate surface area is 140 Å². The monoisotopic (exact) mass is 362 g/mol. The molecule has 0 aliphatic rings. The number of aryl methyl sites for hydroxylation is 1. The highest BCUT2D eigenvalue weighted by Gasteiger charge is 2.10. The fourth-order valence-electron chi connectivity index (χ4n) is 2.15. The van der Waals surface area contributed by atoms with Crippen LogP contribution in [0.1, 0.15) is 29.7 Å². The van der Waals surface area contributed by atoms with Gasteiger partial charge in [0.2, 0.25) is 0 Å². The molecular formula is C17H19BrN2S. The number of benzene rings is 2. The van der Waals surface area contributed by atoms with E-state index in [1.807, 2.05) is 30.3 Å². The molecule has 0 unspecified atom stereocenters. The normalized spacial score (nSPS) is 11.8. The van der Waals surface area contributed by atoms with Crippen molar-refractivity contribution in [3.63, 3.8) is 0 Å². The highest BCUT2D eigenvalue weighted by Crippen LogP contribution is 2.23. The summed E-state index contributed by atoms with van der Waals surface area (Å²) in [5, 5.41) is 7.23. The van der Waals surface area contributed by atoms with E-state index in [1.54, 1.807) is 0 Å². The second kappa shape index (κ2) is 7.05. The number of thiocarbonyl (C=S) groups is 1. The van der Waals surface area contributed by atoms with Crippen molar-refractivity contribution in [2.45, 2.75) is 26.8 Å². The fourth-order valence-corrected chi connectivity index (χ4v) is 3.06. The molecule has 2 rings (SSSR count). The molecule has 0 amide bonds. The third kappa shape index (κ3) is 4.05. The SMILES string of the molecule is Cc1cccc(NC(=S)N[C@@H](C)c2ccccc2Br)c1C. The van der Waals surface area contributed by atoms with Crippen LogP contribution in [0, 0.1) is 13.8 Å². The zero-order valence-corrected chi connectivity index (χ0v) is 14.8. The number of hydrogen-bond donors (Lipinski definition) is 2. The smallest absolute Gasteiger partial charge is 0.171 e. The van der Waals surface area contributed by atoms with Gasteiger partial charge in [-0.25, -0.2) is 0 Å². The Morgan fingerprint density at radius 3 is 2.52 bits per heavy atom. The maximum Gasteiger partial charge on any atom is 0.171 e. The fraction of sp³-hybridized carbons (Fsp3) is 0.235. The van der Waals surface area contributed by atoms with E-state index in [-0.39, 0.29) is 6.04 Å². The van der Waals surface area contributed by atoms with Crippen LogP contribution < -0.4 is 10.6 Å². The lowest BCUT2D eigenvalue weighted by Crippen LogP contribution is -2.31. The van der Waals surface area contributed by atoms with E-state index in [0.717, 1.165) is 10.2 Å². The van der Waals surface area contributed by atoms with Gasteiger partial charge in [0.25, 0.3) is 0 Å². The van der Waals surface area contributed by atoms with Gasteiger partial charge in [0, 0.05) is 10.2 Å². The van der Waals surface area contributed by atoms with E-state index >= 15 is 0 Å². The predicted octanol–water partition coefficient (Wildman–Crippen LogP) is 5.11. The summed E-state index contributed by atoms with van der Waals surface area (Å²) in [5.74, 6) is 0. The van der Waals surface area contributed by atoms with Crippen molar-refractivity contribution in [3.05, 3.63) is 63.6 Å². The molecule has 0 saturated carbocycles. The molecule has 0 bridgehead atoms. The molecular weight excluding hydrogens is 344 g/mol. The molecule has 2 N–H and O–H groups in total. The second-order valence-corrected chi connectivity index (χ2v) is 6.35. The molecule has 0 aromatic heterocycles. The molecule has 0 spiro atoms. The molecule has 0 fully saturated rings. The van der Waals surface area contributed by atoms with E-state index < -0.39 is 0 Å². The Kier molecular flexibility index (Phi) is 5.37. The maximum absolute atomic E-state index is 5.42. The molecule has 0 aliphatic carbocycles. The molecule has 0 saturated heterocycles. The van der Waals surface area contributed by atoms with Crippen molar-refractivity contribution < 1.29 is 0 Å². The molecule has 0 heterocycles. The number of halogens is 1. The van der Waals surface area contributed by atoms with Crippen molar-refractivity contribution in [1.29, 1.82) is 0 Å². The largest absolute Gasteiger partial charge is 0.356 e. The highest BCUT2D eigenvalue weighted by molar-refractivity contribution is 9.10. The lowest BCUT2D eigenvalue weighted by molar-refractivity contribution is 0.719. The second-order valence-electron chi connectivity index (χ2n) is 5.09. The van der Waals surface area contributed by atoms with Crippen LogP contribution in [0.2, 0.25) is 0 Å². The van der Waals surface area contributed by atoms with Crippen molar-refractivity contribution >= 4 is 38.9 Å². The Balaban J connectivity index is 2.05. The molecule has 1 atom stereocenters. The molecule has 0 aliphatic heterocycles. The van der Waals surface area contributed by atoms with Crippen LogP contribution in [0.25, 0.3) is 0 Å². The average Bonchev–Trinajstić information content (AvgIpc) is 2.44. The summed E-state index contributed by atoms with van der Waals surface area (Å²) in [6.45, 7) is 6.29. The summed E-state index contributed by atoms with van der Waals surface area (Å²) in [5.41, 5.74) is 4.70. The van der Waals surface area contributed by atoms with E-state index in [9.17, 15) is 0 Å². The lowest BCUT2D eigenvalue weighted by atomic mass is 10.1. The predicted molar refractivity (Wildman–Crippen MR) is 97.8 cm³/mol. The van der Waals surface area contributed by atoms with E-state index in [2.05, 4.69) is 59.5 Å². The molecule has 0 radical (unpaired) electrons. The van der Waals surface area contributed by atoms with Gasteiger partial charge in [0.05, 0.1) is 6.04 Å². The quantitative estimate of drug-likeness (QED) is 0.741. The van der Waals surface area contributed by atoms with Gasteiger partial charge in [-0.3, -0.25) is 0 Å². The van der Waals surface area contributed by atoms with Gasteiger partial charge in [-0.2, -0.15) is 0 Å². The zero-order valence-electron chi connectivity index (χ0n) is 12.4. The molecule has 110 valence electrons. The Morgan fingerprint density at radius 2 is 1.81 bits per heavy atom.